The fraction of sp³-hybridized carbons (Fsp3) is 0.500. The molecule has 0 amide bonds. The second-order valence-corrected chi connectivity index (χ2v) is 9.46. The normalized spacial score (nSPS) is 18.2. The number of morpholine rings is 1. The SMILES string of the molecule is CC(C(=O)O)N(C)S(=O)(=O)c1ccc(S(=O)(=O)N2CCOCC2)cc1. The fourth-order valence-corrected chi connectivity index (χ4v) is 4.98. The summed E-state index contributed by atoms with van der Waals surface area (Å²) in [5.74, 6) is -1.28. The molecule has 1 aliphatic rings. The predicted molar refractivity (Wildman–Crippen MR) is 88.1 cm³/mol. The van der Waals surface area contributed by atoms with Gasteiger partial charge in [-0.15, -0.1) is 0 Å². The van der Waals surface area contributed by atoms with Crippen LogP contribution >= 0.6 is 0 Å². The minimum Gasteiger partial charge on any atom is -0.480 e. The number of likely N-dealkylation sites (N-methyl/N-ethyl adjacent to an activating group) is 1. The van der Waals surface area contributed by atoms with E-state index >= 15 is 0 Å². The molecule has 1 fully saturated rings. The highest BCUT2D eigenvalue weighted by atomic mass is 32.2. The highest BCUT2D eigenvalue weighted by Crippen LogP contribution is 2.22. The van der Waals surface area contributed by atoms with Crippen LogP contribution in [0.4, 0.5) is 0 Å². The molecule has 1 aliphatic heterocycles. The molecule has 2 rings (SSSR count). The summed E-state index contributed by atoms with van der Waals surface area (Å²) in [5.41, 5.74) is 0. The lowest BCUT2D eigenvalue weighted by Gasteiger charge is -2.26. The highest BCUT2D eigenvalue weighted by Gasteiger charge is 2.31. The third-order valence-electron chi connectivity index (χ3n) is 4.01. The van der Waals surface area contributed by atoms with Crippen molar-refractivity contribution in [3.05, 3.63) is 24.3 Å². The average Bonchev–Trinajstić information content (AvgIpc) is 2.61. The summed E-state index contributed by atoms with van der Waals surface area (Å²) in [6.45, 7) is 2.34. The van der Waals surface area contributed by atoms with E-state index in [2.05, 4.69) is 0 Å². The van der Waals surface area contributed by atoms with Gasteiger partial charge in [-0.1, -0.05) is 0 Å². The Balaban J connectivity index is 2.28. The Labute approximate surface area is 146 Å². The van der Waals surface area contributed by atoms with Crippen LogP contribution in [-0.4, -0.2) is 75.9 Å². The van der Waals surface area contributed by atoms with Crippen molar-refractivity contribution in [1.82, 2.24) is 8.61 Å². The molecule has 0 spiro atoms. The van der Waals surface area contributed by atoms with Gasteiger partial charge in [-0.3, -0.25) is 4.79 Å². The van der Waals surface area contributed by atoms with Gasteiger partial charge in [0.2, 0.25) is 20.0 Å². The molecule has 1 heterocycles. The van der Waals surface area contributed by atoms with E-state index in [1.54, 1.807) is 0 Å². The van der Waals surface area contributed by atoms with E-state index in [-0.39, 0.29) is 22.9 Å². The molecule has 1 atom stereocenters. The zero-order chi connectivity index (χ0) is 18.8. The van der Waals surface area contributed by atoms with Crippen molar-refractivity contribution in [3.8, 4) is 0 Å². The minimum absolute atomic E-state index is 0.0257. The molecule has 1 aromatic carbocycles. The maximum Gasteiger partial charge on any atom is 0.321 e. The van der Waals surface area contributed by atoms with Gasteiger partial charge in [-0.25, -0.2) is 16.8 Å². The van der Waals surface area contributed by atoms with Crippen molar-refractivity contribution in [2.75, 3.05) is 33.4 Å². The number of carboxylic acid groups (broad SMARTS) is 1. The summed E-state index contributed by atoms with van der Waals surface area (Å²) in [6.07, 6.45) is 0. The van der Waals surface area contributed by atoms with E-state index in [1.807, 2.05) is 0 Å². The van der Waals surface area contributed by atoms with Crippen molar-refractivity contribution in [2.45, 2.75) is 22.8 Å². The third-order valence-corrected chi connectivity index (χ3v) is 7.87. The van der Waals surface area contributed by atoms with Gasteiger partial charge in [0.05, 0.1) is 23.0 Å². The number of aliphatic carboxylic acids is 1. The third kappa shape index (κ3) is 4.01. The lowest BCUT2D eigenvalue weighted by Crippen LogP contribution is -2.41. The summed E-state index contributed by atoms with van der Waals surface area (Å²) >= 11 is 0. The molecule has 0 aromatic heterocycles. The van der Waals surface area contributed by atoms with Crippen molar-refractivity contribution < 1.29 is 31.5 Å². The quantitative estimate of drug-likeness (QED) is 0.711. The molecule has 0 aliphatic carbocycles. The number of carbonyl (C=O) groups is 1. The lowest BCUT2D eigenvalue weighted by molar-refractivity contribution is -0.140. The van der Waals surface area contributed by atoms with E-state index < -0.39 is 32.1 Å². The van der Waals surface area contributed by atoms with E-state index in [9.17, 15) is 21.6 Å². The molecule has 1 N–H and O–H groups in total. The molecule has 0 radical (unpaired) electrons. The van der Waals surface area contributed by atoms with Crippen LogP contribution in [0, 0.1) is 0 Å². The molecule has 25 heavy (non-hydrogen) atoms. The van der Waals surface area contributed by atoms with Gasteiger partial charge >= 0.3 is 5.97 Å². The molecule has 0 saturated carbocycles. The molecule has 9 nitrogen and oxygen atoms in total. The second-order valence-electron chi connectivity index (χ2n) is 5.52. The Bertz CT molecular complexity index is 828. The summed E-state index contributed by atoms with van der Waals surface area (Å²) in [6, 6.07) is 3.48. The Morgan fingerprint density at radius 3 is 2.08 bits per heavy atom. The first-order valence-corrected chi connectivity index (χ1v) is 10.4. The van der Waals surface area contributed by atoms with Crippen LogP contribution in [0.5, 0.6) is 0 Å². The molecule has 1 unspecified atom stereocenters. The van der Waals surface area contributed by atoms with Gasteiger partial charge in [0.15, 0.2) is 0 Å². The first-order chi connectivity index (χ1) is 11.6. The Hall–Kier alpha value is -1.53. The molecule has 0 bridgehead atoms. The van der Waals surface area contributed by atoms with Crippen molar-refractivity contribution >= 4 is 26.0 Å². The van der Waals surface area contributed by atoms with E-state index in [0.29, 0.717) is 13.2 Å². The van der Waals surface area contributed by atoms with Crippen LogP contribution in [0.2, 0.25) is 0 Å². The van der Waals surface area contributed by atoms with Gasteiger partial charge in [0, 0.05) is 20.1 Å². The monoisotopic (exact) mass is 392 g/mol. The van der Waals surface area contributed by atoms with Crippen LogP contribution in [0.15, 0.2) is 34.1 Å². The average molecular weight is 392 g/mol. The van der Waals surface area contributed by atoms with Gasteiger partial charge < -0.3 is 9.84 Å². The lowest BCUT2D eigenvalue weighted by atomic mass is 10.4. The summed E-state index contributed by atoms with van der Waals surface area (Å²) in [4.78, 5) is 10.8. The zero-order valence-corrected chi connectivity index (χ0v) is 15.5. The molecule has 140 valence electrons. The van der Waals surface area contributed by atoms with E-state index in [4.69, 9.17) is 9.84 Å². The number of nitrogens with zero attached hydrogens (tertiary/aromatic N) is 2. The van der Waals surface area contributed by atoms with Crippen LogP contribution in [-0.2, 0) is 29.6 Å². The van der Waals surface area contributed by atoms with Crippen LogP contribution in [0.3, 0.4) is 0 Å². The molecule has 11 heteroatoms. The first-order valence-electron chi connectivity index (χ1n) is 7.47. The summed E-state index contributed by atoms with van der Waals surface area (Å²) in [5, 5.41) is 8.96. The minimum atomic E-state index is -4.05. The smallest absolute Gasteiger partial charge is 0.321 e. The molecule has 1 saturated heterocycles. The highest BCUT2D eigenvalue weighted by molar-refractivity contribution is 7.89. The number of hydrogen-bond donors (Lipinski definition) is 1. The topological polar surface area (TPSA) is 121 Å². The van der Waals surface area contributed by atoms with Crippen LogP contribution in [0.1, 0.15) is 6.92 Å². The Morgan fingerprint density at radius 1 is 1.12 bits per heavy atom. The molecular weight excluding hydrogens is 372 g/mol. The maximum atomic E-state index is 12.5. The first kappa shape index (κ1) is 19.8. The van der Waals surface area contributed by atoms with E-state index in [1.165, 1.54) is 23.4 Å². The van der Waals surface area contributed by atoms with Gasteiger partial charge in [0.1, 0.15) is 6.04 Å². The predicted octanol–water partition coefficient (Wildman–Crippen LogP) is -0.199. The largest absolute Gasteiger partial charge is 0.480 e. The van der Waals surface area contributed by atoms with E-state index in [0.717, 1.165) is 23.5 Å². The summed E-state index contributed by atoms with van der Waals surface area (Å²) < 4.78 is 57.0. The molecular formula is C14H20N2O7S2. The van der Waals surface area contributed by atoms with Crippen molar-refractivity contribution in [3.63, 3.8) is 0 Å². The fourth-order valence-electron chi connectivity index (χ4n) is 2.25. The molecule has 1 aromatic rings. The Kier molecular flexibility index (Phi) is 5.84. The van der Waals surface area contributed by atoms with Crippen LogP contribution < -0.4 is 0 Å². The number of hydrogen-bond acceptors (Lipinski definition) is 6. The number of rotatable bonds is 6. The number of sulfonamides is 2. The summed E-state index contributed by atoms with van der Waals surface area (Å²) in [7, 11) is -6.61. The van der Waals surface area contributed by atoms with Crippen molar-refractivity contribution in [1.29, 1.82) is 0 Å². The maximum absolute atomic E-state index is 12.5. The Morgan fingerprint density at radius 2 is 1.60 bits per heavy atom. The van der Waals surface area contributed by atoms with Gasteiger partial charge in [0.25, 0.3) is 0 Å². The van der Waals surface area contributed by atoms with Gasteiger partial charge in [-0.05, 0) is 31.2 Å². The van der Waals surface area contributed by atoms with Gasteiger partial charge in [-0.2, -0.15) is 8.61 Å². The van der Waals surface area contributed by atoms with Crippen LogP contribution in [0.25, 0.3) is 0 Å². The second kappa shape index (κ2) is 7.38. The standard InChI is InChI=1S/C14H20N2O7S2/c1-11(14(17)18)15(2)24(19,20)12-3-5-13(6-4-12)25(21,22)16-7-9-23-10-8-16/h3-6,11H,7-10H2,1-2H3,(H,17,18). The van der Waals surface area contributed by atoms with Crippen molar-refractivity contribution in [2.24, 2.45) is 0 Å². The number of ether oxygens (including phenoxy) is 1. The number of benzene rings is 1. The zero-order valence-electron chi connectivity index (χ0n) is 13.8. The number of carboxylic acids is 1.